The van der Waals surface area contributed by atoms with Crippen LogP contribution in [0, 0.1) is 6.92 Å². The molecular formula is C21H23F3N4O2. The smallest absolute Gasteiger partial charge is 0.402 e. The number of aryl methyl sites for hydroxylation is 1. The van der Waals surface area contributed by atoms with E-state index in [1.165, 1.54) is 6.07 Å². The van der Waals surface area contributed by atoms with Gasteiger partial charge in [-0.3, -0.25) is 0 Å². The average molecular weight is 420 g/mol. The Balaban J connectivity index is 1.65. The number of hydrogen-bond donors (Lipinski definition) is 2. The number of halogens is 3. The molecule has 0 saturated heterocycles. The van der Waals surface area contributed by atoms with Crippen LogP contribution < -0.4 is 5.32 Å². The van der Waals surface area contributed by atoms with Gasteiger partial charge in [0.1, 0.15) is 5.69 Å². The molecular weight excluding hydrogens is 397 g/mol. The molecule has 1 aliphatic carbocycles. The van der Waals surface area contributed by atoms with E-state index in [1.807, 2.05) is 6.07 Å². The van der Waals surface area contributed by atoms with Crippen LogP contribution in [0.4, 0.5) is 19.2 Å². The number of unbranched alkanes of at least 4 members (excludes halogenated alkanes) is 2. The van der Waals surface area contributed by atoms with Crippen molar-refractivity contribution in [2.24, 2.45) is 0 Å². The molecule has 2 heterocycles. The Morgan fingerprint density at radius 1 is 1.13 bits per heavy atom. The quantitative estimate of drug-likeness (QED) is 0.496. The molecule has 0 bridgehead atoms. The molecule has 160 valence electrons. The van der Waals surface area contributed by atoms with E-state index in [0.29, 0.717) is 17.5 Å². The number of aliphatic hydroxyl groups is 1. The number of rotatable bonds is 8. The van der Waals surface area contributed by atoms with E-state index in [9.17, 15) is 13.2 Å². The van der Waals surface area contributed by atoms with E-state index < -0.39 is 11.7 Å². The van der Waals surface area contributed by atoms with Crippen LogP contribution in [-0.2, 0) is 6.18 Å². The largest absolute Gasteiger partial charge is 0.418 e. The fourth-order valence-electron chi connectivity index (χ4n) is 3.50. The molecule has 1 aliphatic rings. The van der Waals surface area contributed by atoms with Gasteiger partial charge in [0.15, 0.2) is 0 Å². The number of aliphatic hydroxyl groups excluding tert-OH is 1. The van der Waals surface area contributed by atoms with E-state index in [1.54, 1.807) is 13.0 Å². The third kappa shape index (κ3) is 4.40. The van der Waals surface area contributed by atoms with Gasteiger partial charge in [0, 0.05) is 18.5 Å². The highest BCUT2D eigenvalue weighted by molar-refractivity contribution is 5.88. The van der Waals surface area contributed by atoms with Crippen molar-refractivity contribution >= 4 is 16.9 Å². The minimum atomic E-state index is -4.50. The molecule has 2 aromatic heterocycles. The van der Waals surface area contributed by atoms with Crippen molar-refractivity contribution in [3.63, 3.8) is 0 Å². The first-order valence-corrected chi connectivity index (χ1v) is 10.1. The molecule has 6 nitrogen and oxygen atoms in total. The predicted molar refractivity (Wildman–Crippen MR) is 106 cm³/mol. The Kier molecular flexibility index (Phi) is 5.64. The summed E-state index contributed by atoms with van der Waals surface area (Å²) in [5.41, 5.74) is 0.787. The standard InChI is InChI=1S/C21H23F3N4O2/c1-12-9-17(19-27-28-20(30-19)25-7-3-2-4-8-29)26-18-15(12)10-14(13-5-6-13)11-16(18)21(22,23)24/h9-11,13,29H,2-8H2,1H3,(H,25,28). The van der Waals surface area contributed by atoms with Crippen LogP contribution in [0.15, 0.2) is 22.6 Å². The Morgan fingerprint density at radius 3 is 2.63 bits per heavy atom. The van der Waals surface area contributed by atoms with E-state index >= 15 is 0 Å². The minimum absolute atomic E-state index is 0.0669. The lowest BCUT2D eigenvalue weighted by atomic mass is 9.98. The SMILES string of the molecule is Cc1cc(-c2nnc(NCCCCCO)o2)nc2c(C(F)(F)F)cc(C3CC3)cc12. The van der Waals surface area contributed by atoms with Gasteiger partial charge in [-0.15, -0.1) is 5.10 Å². The molecule has 0 unspecified atom stereocenters. The lowest BCUT2D eigenvalue weighted by Gasteiger charge is -2.14. The fraction of sp³-hybridized carbons (Fsp3) is 0.476. The van der Waals surface area contributed by atoms with Crippen molar-refractivity contribution in [3.05, 3.63) is 34.9 Å². The number of pyridine rings is 1. The molecule has 9 heteroatoms. The van der Waals surface area contributed by atoms with Crippen molar-refractivity contribution < 1.29 is 22.7 Å². The highest BCUT2D eigenvalue weighted by Gasteiger charge is 2.36. The normalized spacial score (nSPS) is 14.4. The van der Waals surface area contributed by atoms with Gasteiger partial charge in [0.25, 0.3) is 5.89 Å². The zero-order chi connectivity index (χ0) is 21.3. The maximum Gasteiger partial charge on any atom is 0.418 e. The Morgan fingerprint density at radius 2 is 1.93 bits per heavy atom. The number of nitrogens with one attached hydrogen (secondary N) is 1. The summed E-state index contributed by atoms with van der Waals surface area (Å²) in [6.45, 7) is 2.51. The highest BCUT2D eigenvalue weighted by atomic mass is 19.4. The van der Waals surface area contributed by atoms with Crippen molar-refractivity contribution in [3.8, 4) is 11.6 Å². The van der Waals surface area contributed by atoms with E-state index in [4.69, 9.17) is 9.52 Å². The third-order valence-electron chi connectivity index (χ3n) is 5.25. The molecule has 0 radical (unpaired) electrons. The zero-order valence-corrected chi connectivity index (χ0v) is 16.6. The molecule has 1 saturated carbocycles. The van der Waals surface area contributed by atoms with Gasteiger partial charge >= 0.3 is 12.2 Å². The van der Waals surface area contributed by atoms with Crippen LogP contribution in [0.1, 0.15) is 54.7 Å². The second kappa shape index (κ2) is 8.22. The van der Waals surface area contributed by atoms with Gasteiger partial charge in [-0.25, -0.2) is 4.98 Å². The maximum absolute atomic E-state index is 13.8. The monoisotopic (exact) mass is 420 g/mol. The van der Waals surface area contributed by atoms with Crippen LogP contribution in [0.25, 0.3) is 22.5 Å². The van der Waals surface area contributed by atoms with Gasteiger partial charge < -0.3 is 14.8 Å². The maximum atomic E-state index is 13.8. The summed E-state index contributed by atoms with van der Waals surface area (Å²) in [6, 6.07) is 4.91. The van der Waals surface area contributed by atoms with Gasteiger partial charge in [-0.2, -0.15) is 13.2 Å². The number of fused-ring (bicyclic) bond motifs is 1. The molecule has 0 atom stereocenters. The first-order chi connectivity index (χ1) is 14.4. The number of nitrogens with zero attached hydrogens (tertiary/aromatic N) is 3. The second-order valence-electron chi connectivity index (χ2n) is 7.68. The number of anilines is 1. The van der Waals surface area contributed by atoms with Crippen LogP contribution in [0.5, 0.6) is 0 Å². The number of benzene rings is 1. The Labute approximate surface area is 171 Å². The minimum Gasteiger partial charge on any atom is -0.402 e. The van der Waals surface area contributed by atoms with E-state index in [2.05, 4.69) is 20.5 Å². The highest BCUT2D eigenvalue weighted by Crippen LogP contribution is 2.45. The van der Waals surface area contributed by atoms with Crippen LogP contribution in [-0.4, -0.2) is 33.4 Å². The summed E-state index contributed by atoms with van der Waals surface area (Å²) in [5.74, 6) is 0.272. The number of alkyl halides is 3. The molecule has 30 heavy (non-hydrogen) atoms. The van der Waals surface area contributed by atoms with E-state index in [-0.39, 0.29) is 35.6 Å². The van der Waals surface area contributed by atoms with Crippen LogP contribution in [0.2, 0.25) is 0 Å². The molecule has 2 N–H and O–H groups in total. The third-order valence-corrected chi connectivity index (χ3v) is 5.25. The number of aromatic nitrogens is 3. The molecule has 0 amide bonds. The van der Waals surface area contributed by atoms with Crippen molar-refractivity contribution in [2.45, 2.75) is 51.1 Å². The van der Waals surface area contributed by atoms with E-state index in [0.717, 1.165) is 37.7 Å². The summed E-state index contributed by atoms with van der Waals surface area (Å²) in [5, 5.41) is 20.1. The molecule has 1 aromatic carbocycles. The lowest BCUT2D eigenvalue weighted by Crippen LogP contribution is -2.08. The summed E-state index contributed by atoms with van der Waals surface area (Å²) >= 11 is 0. The van der Waals surface area contributed by atoms with Gasteiger partial charge in [0.05, 0.1) is 11.1 Å². The summed E-state index contributed by atoms with van der Waals surface area (Å²) < 4.78 is 46.8. The molecule has 0 spiro atoms. The van der Waals surface area contributed by atoms with Crippen molar-refractivity contribution in [1.82, 2.24) is 15.2 Å². The predicted octanol–water partition coefficient (Wildman–Crippen LogP) is 5.06. The van der Waals surface area contributed by atoms with Crippen LogP contribution in [0.3, 0.4) is 0 Å². The number of hydrogen-bond acceptors (Lipinski definition) is 6. The van der Waals surface area contributed by atoms with Gasteiger partial charge in [0.2, 0.25) is 0 Å². The molecule has 0 aliphatic heterocycles. The molecule has 3 aromatic rings. The second-order valence-corrected chi connectivity index (χ2v) is 7.68. The molecule has 4 rings (SSSR count). The van der Waals surface area contributed by atoms with Crippen LogP contribution >= 0.6 is 0 Å². The first kappa shape index (κ1) is 20.6. The van der Waals surface area contributed by atoms with Gasteiger partial charge in [-0.05, 0) is 74.3 Å². The average Bonchev–Trinajstić information content (AvgIpc) is 3.44. The Bertz CT molecular complexity index is 1040. The summed E-state index contributed by atoms with van der Waals surface area (Å²) in [7, 11) is 0. The topological polar surface area (TPSA) is 84.1 Å². The fourth-order valence-corrected chi connectivity index (χ4v) is 3.50. The van der Waals surface area contributed by atoms with Gasteiger partial charge in [-0.1, -0.05) is 5.10 Å². The van der Waals surface area contributed by atoms with Crippen molar-refractivity contribution in [2.75, 3.05) is 18.5 Å². The summed E-state index contributed by atoms with van der Waals surface area (Å²) in [4.78, 5) is 4.26. The lowest BCUT2D eigenvalue weighted by molar-refractivity contribution is -0.136. The van der Waals surface area contributed by atoms with Crippen molar-refractivity contribution in [1.29, 1.82) is 0 Å². The molecule has 1 fully saturated rings. The zero-order valence-electron chi connectivity index (χ0n) is 16.6. The Hall–Kier alpha value is -2.68. The summed E-state index contributed by atoms with van der Waals surface area (Å²) in [6.07, 6.45) is -0.252. The first-order valence-electron chi connectivity index (χ1n) is 10.1.